The van der Waals surface area contributed by atoms with Crippen LogP contribution in [0.25, 0.3) is 0 Å². The molecule has 0 radical (unpaired) electrons. The van der Waals surface area contributed by atoms with E-state index in [2.05, 4.69) is 16.9 Å². The zero-order chi connectivity index (χ0) is 16.7. The number of phenols is 2. The Bertz CT molecular complexity index is 695. The second kappa shape index (κ2) is 8.13. The zero-order valence-electron chi connectivity index (χ0n) is 13.4. The van der Waals surface area contributed by atoms with Gasteiger partial charge in [0, 0.05) is 23.6 Å². The van der Waals surface area contributed by atoms with Crippen molar-refractivity contribution < 1.29 is 10.2 Å². The maximum Gasteiger partial charge on any atom is 0.124 e. The Morgan fingerprint density at radius 1 is 0.870 bits per heavy atom. The van der Waals surface area contributed by atoms with Crippen molar-refractivity contribution in [2.75, 3.05) is 0 Å². The molecule has 0 amide bonds. The van der Waals surface area contributed by atoms with Crippen LogP contribution in [0.1, 0.15) is 31.4 Å². The van der Waals surface area contributed by atoms with Crippen LogP contribution in [0.4, 0.5) is 0 Å². The first-order chi connectivity index (χ1) is 11.1. The second-order valence-corrected chi connectivity index (χ2v) is 5.39. The lowest BCUT2D eigenvalue weighted by Crippen LogP contribution is -2.19. The molecular formula is C19H22N2O2. The minimum absolute atomic E-state index is 0.0108. The van der Waals surface area contributed by atoms with Gasteiger partial charge in [0.2, 0.25) is 0 Å². The minimum atomic E-state index is -0.0262. The van der Waals surface area contributed by atoms with Gasteiger partial charge in [0.1, 0.15) is 11.5 Å². The van der Waals surface area contributed by atoms with Crippen LogP contribution in [0.3, 0.4) is 0 Å². The molecule has 0 aromatic heterocycles. The molecule has 2 aromatic carbocycles. The average molecular weight is 310 g/mol. The lowest BCUT2D eigenvalue weighted by Gasteiger charge is -2.14. The van der Waals surface area contributed by atoms with Crippen LogP contribution in [0.15, 0.2) is 58.5 Å². The number of hydrogen-bond acceptors (Lipinski definition) is 4. The Labute approximate surface area is 136 Å². The molecule has 0 bridgehead atoms. The molecule has 2 rings (SSSR count). The quantitative estimate of drug-likeness (QED) is 0.797. The molecule has 4 nitrogen and oxygen atoms in total. The minimum Gasteiger partial charge on any atom is -0.507 e. The Balaban J connectivity index is 2.08. The summed E-state index contributed by atoms with van der Waals surface area (Å²) in [6.45, 7) is 4.05. The van der Waals surface area contributed by atoms with Gasteiger partial charge < -0.3 is 10.2 Å². The van der Waals surface area contributed by atoms with Gasteiger partial charge in [0.05, 0.1) is 12.1 Å². The topological polar surface area (TPSA) is 65.2 Å². The molecule has 0 aliphatic carbocycles. The highest BCUT2D eigenvalue weighted by Gasteiger charge is 2.12. The van der Waals surface area contributed by atoms with Gasteiger partial charge in [-0.15, -0.1) is 0 Å². The van der Waals surface area contributed by atoms with E-state index in [1.807, 2.05) is 31.2 Å². The molecule has 120 valence electrons. The van der Waals surface area contributed by atoms with Crippen molar-refractivity contribution in [2.45, 2.75) is 32.4 Å². The number of hydrogen-bond donors (Lipinski definition) is 2. The van der Waals surface area contributed by atoms with Crippen molar-refractivity contribution in [1.82, 2.24) is 0 Å². The molecule has 4 heteroatoms. The van der Waals surface area contributed by atoms with E-state index in [1.54, 1.807) is 36.7 Å². The highest BCUT2D eigenvalue weighted by Crippen LogP contribution is 2.16. The van der Waals surface area contributed by atoms with Crippen LogP contribution < -0.4 is 0 Å². The molecule has 2 atom stereocenters. The number of aliphatic imine (C=N–C) groups is 2. The Morgan fingerprint density at radius 3 is 1.83 bits per heavy atom. The van der Waals surface area contributed by atoms with Crippen LogP contribution in [-0.2, 0) is 0 Å². The summed E-state index contributed by atoms with van der Waals surface area (Å²) < 4.78 is 0. The molecule has 0 heterocycles. The molecular weight excluding hydrogens is 288 g/mol. The third kappa shape index (κ3) is 4.68. The van der Waals surface area contributed by atoms with Crippen molar-refractivity contribution in [3.8, 4) is 11.5 Å². The van der Waals surface area contributed by atoms with Gasteiger partial charge in [0.25, 0.3) is 0 Å². The van der Waals surface area contributed by atoms with E-state index >= 15 is 0 Å². The van der Waals surface area contributed by atoms with E-state index in [0.29, 0.717) is 11.1 Å². The van der Waals surface area contributed by atoms with Gasteiger partial charge in [-0.3, -0.25) is 9.98 Å². The van der Waals surface area contributed by atoms with Gasteiger partial charge in [-0.1, -0.05) is 31.2 Å². The fraction of sp³-hybridized carbons (Fsp3) is 0.263. The molecule has 0 aliphatic heterocycles. The number of phenolic OH excluding ortho intramolecular Hbond substituents is 2. The Hall–Kier alpha value is -2.62. The lowest BCUT2D eigenvalue weighted by atomic mass is 10.1. The largest absolute Gasteiger partial charge is 0.507 e. The van der Waals surface area contributed by atoms with Crippen LogP contribution in [0.5, 0.6) is 11.5 Å². The molecule has 23 heavy (non-hydrogen) atoms. The van der Waals surface area contributed by atoms with Crippen molar-refractivity contribution in [3.63, 3.8) is 0 Å². The summed E-state index contributed by atoms with van der Waals surface area (Å²) in [6.07, 6.45) is 4.21. The van der Waals surface area contributed by atoms with E-state index < -0.39 is 0 Å². The zero-order valence-corrected chi connectivity index (χ0v) is 13.4. The first-order valence-corrected chi connectivity index (χ1v) is 7.74. The first-order valence-electron chi connectivity index (χ1n) is 7.74. The fourth-order valence-corrected chi connectivity index (χ4v) is 2.24. The summed E-state index contributed by atoms with van der Waals surface area (Å²) in [7, 11) is 0. The van der Waals surface area contributed by atoms with Crippen LogP contribution in [-0.4, -0.2) is 34.7 Å². The molecule has 2 N–H and O–H groups in total. The first kappa shape index (κ1) is 16.7. The third-order valence-corrected chi connectivity index (χ3v) is 3.70. The van der Waals surface area contributed by atoms with Gasteiger partial charge in [-0.2, -0.15) is 0 Å². The predicted octanol–water partition coefficient (Wildman–Crippen LogP) is 3.80. The maximum atomic E-state index is 9.77. The van der Waals surface area contributed by atoms with Crippen molar-refractivity contribution in [3.05, 3.63) is 59.7 Å². The number of benzene rings is 2. The summed E-state index contributed by atoms with van der Waals surface area (Å²) in [6, 6.07) is 14.2. The predicted molar refractivity (Wildman–Crippen MR) is 94.9 cm³/mol. The van der Waals surface area contributed by atoms with Crippen LogP contribution in [0.2, 0.25) is 0 Å². The molecule has 0 aliphatic rings. The Morgan fingerprint density at radius 2 is 1.35 bits per heavy atom. The number of aromatic hydroxyl groups is 2. The molecule has 0 saturated carbocycles. The number of rotatable bonds is 6. The molecule has 0 fully saturated rings. The van der Waals surface area contributed by atoms with Gasteiger partial charge in [-0.25, -0.2) is 0 Å². The smallest absolute Gasteiger partial charge is 0.124 e. The van der Waals surface area contributed by atoms with Crippen molar-refractivity contribution in [2.24, 2.45) is 9.98 Å². The summed E-state index contributed by atoms with van der Waals surface area (Å²) in [5.74, 6) is 0.436. The Kier molecular flexibility index (Phi) is 5.92. The van der Waals surface area contributed by atoms with E-state index in [-0.39, 0.29) is 23.6 Å². The SMILES string of the molecule is CCC(N=Cc1ccccc1O)C(C)N=Cc1ccccc1O. The van der Waals surface area contributed by atoms with Gasteiger partial charge in [-0.05, 0) is 37.6 Å². The monoisotopic (exact) mass is 310 g/mol. The molecule has 2 aromatic rings. The fourth-order valence-electron chi connectivity index (χ4n) is 2.24. The summed E-state index contributed by atoms with van der Waals surface area (Å²) >= 11 is 0. The average Bonchev–Trinajstić information content (AvgIpc) is 2.56. The van der Waals surface area contributed by atoms with E-state index in [1.165, 1.54) is 0 Å². The van der Waals surface area contributed by atoms with E-state index in [0.717, 1.165) is 6.42 Å². The molecule has 2 unspecified atom stereocenters. The standard InChI is InChI=1S/C19H22N2O2/c1-3-17(21-13-16-9-5-7-11-19(16)23)14(2)20-12-15-8-4-6-10-18(15)22/h4-14,17,22-23H,3H2,1-2H3. The van der Waals surface area contributed by atoms with Crippen molar-refractivity contribution in [1.29, 1.82) is 0 Å². The summed E-state index contributed by atoms with van der Waals surface area (Å²) in [5, 5.41) is 19.5. The normalized spacial score (nSPS) is 14.3. The van der Waals surface area contributed by atoms with Gasteiger partial charge in [0.15, 0.2) is 0 Å². The number of para-hydroxylation sites is 2. The van der Waals surface area contributed by atoms with Crippen LogP contribution in [0, 0.1) is 0 Å². The highest BCUT2D eigenvalue weighted by atomic mass is 16.3. The second-order valence-electron chi connectivity index (χ2n) is 5.39. The third-order valence-electron chi connectivity index (χ3n) is 3.70. The van der Waals surface area contributed by atoms with E-state index in [9.17, 15) is 10.2 Å². The highest BCUT2D eigenvalue weighted by molar-refractivity contribution is 5.84. The molecule has 0 spiro atoms. The summed E-state index contributed by atoms with van der Waals surface area (Å²) in [4.78, 5) is 9.05. The van der Waals surface area contributed by atoms with Gasteiger partial charge >= 0.3 is 0 Å². The van der Waals surface area contributed by atoms with Crippen LogP contribution >= 0.6 is 0 Å². The van der Waals surface area contributed by atoms with E-state index in [4.69, 9.17) is 0 Å². The lowest BCUT2D eigenvalue weighted by molar-refractivity contribution is 0.473. The maximum absolute atomic E-state index is 9.77. The number of nitrogens with zero attached hydrogens (tertiary/aromatic N) is 2. The molecule has 0 saturated heterocycles. The summed E-state index contributed by atoms with van der Waals surface area (Å²) in [5.41, 5.74) is 1.39. The van der Waals surface area contributed by atoms with Crippen molar-refractivity contribution >= 4 is 12.4 Å².